The van der Waals surface area contributed by atoms with E-state index in [0.717, 1.165) is 0 Å². The fraction of sp³-hybridized carbons (Fsp3) is 0.125. The van der Waals surface area contributed by atoms with Crippen molar-refractivity contribution in [2.75, 3.05) is 19.0 Å². The highest BCUT2D eigenvalue weighted by molar-refractivity contribution is 6.43. The molecular weight excluding hydrogens is 385 g/mol. The van der Waals surface area contributed by atoms with Gasteiger partial charge in [-0.15, -0.1) is 0 Å². The van der Waals surface area contributed by atoms with E-state index in [9.17, 15) is 14.9 Å². The number of ether oxygens (including phenoxy) is 1. The number of nitrogens with zero attached hydrogens (tertiary/aromatic N) is 2. The lowest BCUT2D eigenvalue weighted by molar-refractivity contribution is -0.384. The predicted octanol–water partition coefficient (Wildman–Crippen LogP) is 3.90. The number of anilines is 1. The van der Waals surface area contributed by atoms with Gasteiger partial charge in [0.15, 0.2) is 6.61 Å². The Bertz CT molecular complexity index is 858. The van der Waals surface area contributed by atoms with Crippen molar-refractivity contribution in [1.82, 2.24) is 0 Å². The Kier molecular flexibility index (Phi) is 6.76. The number of nitrogens with one attached hydrogen (secondary N) is 1. The Morgan fingerprint density at radius 1 is 1.35 bits per heavy atom. The molecule has 0 spiro atoms. The van der Waals surface area contributed by atoms with Gasteiger partial charge >= 0.3 is 0 Å². The highest BCUT2D eigenvalue weighted by Gasteiger charge is 2.13. The lowest BCUT2D eigenvalue weighted by Crippen LogP contribution is -2.17. The molecule has 136 valence electrons. The average Bonchev–Trinajstić information content (AvgIpc) is 2.62. The van der Waals surface area contributed by atoms with Crippen LogP contribution in [0.3, 0.4) is 0 Å². The minimum atomic E-state index is -0.563. The van der Waals surface area contributed by atoms with Crippen molar-refractivity contribution in [2.45, 2.75) is 0 Å². The fourth-order valence-corrected chi connectivity index (χ4v) is 2.25. The first kappa shape index (κ1) is 19.5. The Labute approximate surface area is 158 Å². The number of nitro benzene ring substituents is 1. The summed E-state index contributed by atoms with van der Waals surface area (Å²) in [4.78, 5) is 27.0. The lowest BCUT2D eigenvalue weighted by atomic mass is 10.2. The maximum atomic E-state index is 11.9. The molecule has 0 atom stereocenters. The van der Waals surface area contributed by atoms with Crippen LogP contribution in [0.2, 0.25) is 10.0 Å². The Balaban J connectivity index is 1.94. The standard InChI is InChI=1S/C16H13Cl2N3O5/c1-25-14-7-11(21(23)24)5-6-13(14)20-15(22)9-26-19-8-10-3-2-4-12(17)16(10)18/h2-8H,9H2,1H3,(H,20,22)/b19-8-. The molecule has 0 aliphatic heterocycles. The number of rotatable bonds is 7. The molecule has 0 unspecified atom stereocenters. The summed E-state index contributed by atoms with van der Waals surface area (Å²) in [6.45, 7) is -0.380. The molecule has 0 fully saturated rings. The van der Waals surface area contributed by atoms with Gasteiger partial charge in [0, 0.05) is 11.6 Å². The van der Waals surface area contributed by atoms with Gasteiger partial charge in [0.2, 0.25) is 0 Å². The van der Waals surface area contributed by atoms with Crippen LogP contribution in [0.1, 0.15) is 5.56 Å². The van der Waals surface area contributed by atoms with E-state index in [-0.39, 0.29) is 23.7 Å². The van der Waals surface area contributed by atoms with E-state index < -0.39 is 10.8 Å². The molecule has 0 radical (unpaired) electrons. The second-order valence-corrected chi connectivity index (χ2v) is 5.63. The first-order chi connectivity index (χ1) is 12.4. The molecule has 0 aliphatic rings. The molecule has 26 heavy (non-hydrogen) atoms. The van der Waals surface area contributed by atoms with Crippen LogP contribution in [0.4, 0.5) is 11.4 Å². The zero-order valence-corrected chi connectivity index (χ0v) is 15.0. The number of halogens is 2. The van der Waals surface area contributed by atoms with E-state index in [1.54, 1.807) is 18.2 Å². The summed E-state index contributed by atoms with van der Waals surface area (Å²) in [5, 5.41) is 17.6. The molecule has 0 bridgehead atoms. The highest BCUT2D eigenvalue weighted by atomic mass is 35.5. The summed E-state index contributed by atoms with van der Waals surface area (Å²) >= 11 is 11.9. The van der Waals surface area contributed by atoms with Gasteiger partial charge in [-0.1, -0.05) is 40.5 Å². The molecule has 0 aliphatic carbocycles. The molecule has 0 saturated heterocycles. The number of nitro groups is 1. The quantitative estimate of drug-likeness (QED) is 0.433. The largest absolute Gasteiger partial charge is 0.494 e. The minimum absolute atomic E-state index is 0.154. The SMILES string of the molecule is COc1cc([N+](=O)[O-])ccc1NC(=O)CO/N=C\c1cccc(Cl)c1Cl. The second-order valence-electron chi connectivity index (χ2n) is 4.84. The van der Waals surface area contributed by atoms with Gasteiger partial charge in [-0.25, -0.2) is 0 Å². The Hall–Kier alpha value is -2.84. The van der Waals surface area contributed by atoms with Crippen molar-refractivity contribution >= 4 is 46.7 Å². The number of benzene rings is 2. The summed E-state index contributed by atoms with van der Waals surface area (Å²) in [5.41, 5.74) is 0.657. The smallest absolute Gasteiger partial charge is 0.273 e. The van der Waals surface area contributed by atoms with Crippen molar-refractivity contribution in [3.63, 3.8) is 0 Å². The maximum absolute atomic E-state index is 11.9. The first-order valence-corrected chi connectivity index (χ1v) is 7.89. The van der Waals surface area contributed by atoms with Crippen LogP contribution in [-0.2, 0) is 9.63 Å². The number of non-ortho nitro benzene ring substituents is 1. The van der Waals surface area contributed by atoms with Crippen LogP contribution in [0.15, 0.2) is 41.6 Å². The fourth-order valence-electron chi connectivity index (χ4n) is 1.89. The monoisotopic (exact) mass is 397 g/mol. The van der Waals surface area contributed by atoms with E-state index in [1.165, 1.54) is 31.5 Å². The number of carbonyl (C=O) groups is 1. The number of hydrogen-bond donors (Lipinski definition) is 1. The third-order valence-electron chi connectivity index (χ3n) is 3.11. The van der Waals surface area contributed by atoms with Gasteiger partial charge in [-0.3, -0.25) is 14.9 Å². The highest BCUT2D eigenvalue weighted by Crippen LogP contribution is 2.29. The Morgan fingerprint density at radius 3 is 2.81 bits per heavy atom. The first-order valence-electron chi connectivity index (χ1n) is 7.14. The predicted molar refractivity (Wildman–Crippen MR) is 98.3 cm³/mol. The molecule has 2 aromatic carbocycles. The van der Waals surface area contributed by atoms with Gasteiger partial charge in [-0.05, 0) is 12.1 Å². The molecule has 1 N–H and O–H groups in total. The van der Waals surface area contributed by atoms with Gasteiger partial charge < -0.3 is 14.9 Å². The van der Waals surface area contributed by atoms with Crippen LogP contribution in [0, 0.1) is 10.1 Å². The van der Waals surface area contributed by atoms with Gasteiger partial charge in [-0.2, -0.15) is 0 Å². The molecule has 0 saturated carbocycles. The molecule has 8 nitrogen and oxygen atoms in total. The summed E-state index contributed by atoms with van der Waals surface area (Å²) in [6.07, 6.45) is 1.33. The lowest BCUT2D eigenvalue weighted by Gasteiger charge is -2.09. The van der Waals surface area contributed by atoms with E-state index >= 15 is 0 Å². The number of amides is 1. The molecular formula is C16H13Cl2N3O5. The third-order valence-corrected chi connectivity index (χ3v) is 3.95. The van der Waals surface area contributed by atoms with Crippen molar-refractivity contribution in [3.05, 3.63) is 62.1 Å². The molecule has 1 amide bonds. The van der Waals surface area contributed by atoms with Gasteiger partial charge in [0.25, 0.3) is 11.6 Å². The topological polar surface area (TPSA) is 103 Å². The number of oxime groups is 1. The second kappa shape index (κ2) is 9.02. The Morgan fingerprint density at radius 2 is 2.12 bits per heavy atom. The van der Waals surface area contributed by atoms with Gasteiger partial charge in [0.1, 0.15) is 5.75 Å². The summed E-state index contributed by atoms with van der Waals surface area (Å²) < 4.78 is 5.03. The van der Waals surface area contributed by atoms with Gasteiger partial charge in [0.05, 0.1) is 40.0 Å². The number of hydrogen-bond acceptors (Lipinski definition) is 6. The summed E-state index contributed by atoms with van der Waals surface area (Å²) in [7, 11) is 1.34. The summed E-state index contributed by atoms with van der Waals surface area (Å²) in [5.74, 6) is -0.367. The molecule has 2 aromatic rings. The van der Waals surface area contributed by atoms with E-state index in [1.807, 2.05) is 0 Å². The van der Waals surface area contributed by atoms with Crippen LogP contribution in [0.5, 0.6) is 5.75 Å². The average molecular weight is 398 g/mol. The molecule has 10 heteroatoms. The number of methoxy groups -OCH3 is 1. The third kappa shape index (κ3) is 5.08. The minimum Gasteiger partial charge on any atom is -0.494 e. The van der Waals surface area contributed by atoms with Crippen LogP contribution < -0.4 is 10.1 Å². The van der Waals surface area contributed by atoms with Crippen molar-refractivity contribution in [2.24, 2.45) is 5.16 Å². The zero-order chi connectivity index (χ0) is 19.1. The van der Waals surface area contributed by atoms with E-state index in [4.69, 9.17) is 32.8 Å². The summed E-state index contributed by atoms with van der Waals surface area (Å²) in [6, 6.07) is 8.83. The van der Waals surface area contributed by atoms with Crippen LogP contribution in [0.25, 0.3) is 0 Å². The maximum Gasteiger partial charge on any atom is 0.273 e. The zero-order valence-electron chi connectivity index (χ0n) is 13.4. The van der Waals surface area contributed by atoms with Crippen LogP contribution in [-0.4, -0.2) is 30.8 Å². The molecule has 0 aromatic heterocycles. The van der Waals surface area contributed by atoms with E-state index in [0.29, 0.717) is 15.6 Å². The van der Waals surface area contributed by atoms with Crippen molar-refractivity contribution in [1.29, 1.82) is 0 Å². The molecule has 2 rings (SSSR count). The van der Waals surface area contributed by atoms with E-state index in [2.05, 4.69) is 10.5 Å². The number of carbonyl (C=O) groups excluding carboxylic acids is 1. The van der Waals surface area contributed by atoms with Crippen LogP contribution >= 0.6 is 23.2 Å². The molecule has 0 heterocycles. The van der Waals surface area contributed by atoms with Crippen molar-refractivity contribution < 1.29 is 19.3 Å². The normalized spacial score (nSPS) is 10.6. The van der Waals surface area contributed by atoms with Crippen molar-refractivity contribution in [3.8, 4) is 5.75 Å².